The fourth-order valence-electron chi connectivity index (χ4n) is 0.841. The van der Waals surface area contributed by atoms with Crippen LogP contribution in [0.5, 0.6) is 5.75 Å². The maximum absolute atomic E-state index is 10.0. The van der Waals surface area contributed by atoms with Gasteiger partial charge in [0.1, 0.15) is 5.75 Å². The van der Waals surface area contributed by atoms with E-state index in [0.29, 0.717) is 18.8 Å². The molecule has 0 aliphatic carbocycles. The molecular formula is C9H10NO3-. The Bertz CT molecular complexity index is 261. The Morgan fingerprint density at radius 1 is 1.46 bits per heavy atom. The summed E-state index contributed by atoms with van der Waals surface area (Å²) < 4.78 is 5.23. The number of carboxylic acids is 1. The molecule has 4 nitrogen and oxygen atoms in total. The first-order valence-corrected chi connectivity index (χ1v) is 4.02. The summed E-state index contributed by atoms with van der Waals surface area (Å²) in [6.45, 7) is 0.387. The predicted octanol–water partition coefficient (Wildman–Crippen LogP) is -0.00950. The highest BCUT2D eigenvalue weighted by molar-refractivity contribution is 5.64. The summed E-state index contributed by atoms with van der Waals surface area (Å²) >= 11 is 0. The van der Waals surface area contributed by atoms with Crippen molar-refractivity contribution in [2.45, 2.75) is 12.8 Å². The molecule has 0 bridgehead atoms. The first-order valence-electron chi connectivity index (χ1n) is 4.02. The second kappa shape index (κ2) is 5.13. The molecule has 0 spiro atoms. The fraction of sp³-hybridized carbons (Fsp3) is 0.333. The number of pyridine rings is 1. The number of carbonyl (C=O) groups excluding carboxylic acids is 1. The molecular weight excluding hydrogens is 170 g/mol. The highest BCUT2D eigenvalue weighted by Gasteiger charge is 1.92. The van der Waals surface area contributed by atoms with E-state index in [1.54, 1.807) is 24.5 Å². The zero-order chi connectivity index (χ0) is 9.52. The second-order valence-electron chi connectivity index (χ2n) is 2.51. The van der Waals surface area contributed by atoms with Gasteiger partial charge in [-0.05, 0) is 25.0 Å². The van der Waals surface area contributed by atoms with Crippen molar-refractivity contribution in [1.82, 2.24) is 4.98 Å². The Hall–Kier alpha value is -1.58. The second-order valence-corrected chi connectivity index (χ2v) is 2.51. The zero-order valence-corrected chi connectivity index (χ0v) is 7.10. The minimum absolute atomic E-state index is 0.0328. The third kappa shape index (κ3) is 4.10. The van der Waals surface area contributed by atoms with Gasteiger partial charge >= 0.3 is 0 Å². The summed E-state index contributed by atoms with van der Waals surface area (Å²) in [7, 11) is 0. The van der Waals surface area contributed by atoms with E-state index in [0.717, 1.165) is 0 Å². The van der Waals surface area contributed by atoms with Crippen molar-refractivity contribution in [3.8, 4) is 5.75 Å². The molecule has 13 heavy (non-hydrogen) atoms. The molecule has 0 unspecified atom stereocenters. The monoisotopic (exact) mass is 180 g/mol. The lowest BCUT2D eigenvalue weighted by Gasteiger charge is -2.05. The van der Waals surface area contributed by atoms with Crippen molar-refractivity contribution in [2.24, 2.45) is 0 Å². The number of hydrogen-bond acceptors (Lipinski definition) is 4. The van der Waals surface area contributed by atoms with E-state index in [1.807, 2.05) is 0 Å². The number of carbonyl (C=O) groups is 1. The first-order chi connectivity index (χ1) is 6.29. The first kappa shape index (κ1) is 9.51. The normalized spacial score (nSPS) is 9.54. The van der Waals surface area contributed by atoms with Crippen molar-refractivity contribution in [2.75, 3.05) is 6.61 Å². The SMILES string of the molecule is O=C([O-])CCCOc1ccncc1. The Morgan fingerprint density at radius 3 is 2.77 bits per heavy atom. The average Bonchev–Trinajstić information content (AvgIpc) is 2.14. The number of ether oxygens (including phenoxy) is 1. The van der Waals surface area contributed by atoms with E-state index in [9.17, 15) is 9.90 Å². The van der Waals surface area contributed by atoms with Crippen LogP contribution in [0.15, 0.2) is 24.5 Å². The molecule has 0 aliphatic rings. The summed E-state index contributed by atoms with van der Waals surface area (Å²) in [5.74, 6) is -0.341. The van der Waals surface area contributed by atoms with Crippen LogP contribution in [0.1, 0.15) is 12.8 Å². The number of aromatic nitrogens is 1. The number of nitrogens with zero attached hydrogens (tertiary/aromatic N) is 1. The van der Waals surface area contributed by atoms with Gasteiger partial charge in [-0.1, -0.05) is 0 Å². The molecule has 0 aromatic carbocycles. The topological polar surface area (TPSA) is 62.2 Å². The van der Waals surface area contributed by atoms with Gasteiger partial charge in [0.15, 0.2) is 0 Å². The average molecular weight is 180 g/mol. The van der Waals surface area contributed by atoms with Gasteiger partial charge in [-0.2, -0.15) is 0 Å². The summed E-state index contributed by atoms with van der Waals surface area (Å²) in [5, 5.41) is 10.0. The largest absolute Gasteiger partial charge is 0.550 e. The maximum atomic E-state index is 10.0. The van der Waals surface area contributed by atoms with E-state index in [-0.39, 0.29) is 6.42 Å². The van der Waals surface area contributed by atoms with Crippen LogP contribution in [-0.4, -0.2) is 17.6 Å². The van der Waals surface area contributed by atoms with E-state index in [2.05, 4.69) is 4.98 Å². The van der Waals surface area contributed by atoms with Gasteiger partial charge in [-0.15, -0.1) is 0 Å². The number of hydrogen-bond donors (Lipinski definition) is 0. The molecule has 1 heterocycles. The van der Waals surface area contributed by atoms with Gasteiger partial charge in [-0.25, -0.2) is 0 Å². The minimum atomic E-state index is -1.04. The molecule has 70 valence electrons. The third-order valence-corrected chi connectivity index (χ3v) is 1.44. The van der Waals surface area contributed by atoms with Gasteiger partial charge in [0.25, 0.3) is 0 Å². The number of aliphatic carboxylic acids is 1. The van der Waals surface area contributed by atoms with E-state index >= 15 is 0 Å². The van der Waals surface area contributed by atoms with Gasteiger partial charge in [0.2, 0.25) is 0 Å². The van der Waals surface area contributed by atoms with Crippen LogP contribution in [0.4, 0.5) is 0 Å². The number of rotatable bonds is 5. The van der Waals surface area contributed by atoms with Gasteiger partial charge < -0.3 is 14.6 Å². The van der Waals surface area contributed by atoms with Crippen molar-refractivity contribution < 1.29 is 14.6 Å². The molecule has 0 saturated heterocycles. The summed E-state index contributed by atoms with van der Waals surface area (Å²) in [5.41, 5.74) is 0. The van der Waals surface area contributed by atoms with E-state index in [4.69, 9.17) is 4.74 Å². The number of carboxylic acid groups (broad SMARTS) is 1. The third-order valence-electron chi connectivity index (χ3n) is 1.44. The summed E-state index contributed by atoms with van der Waals surface area (Å²) in [6, 6.07) is 3.44. The summed E-state index contributed by atoms with van der Waals surface area (Å²) in [6.07, 6.45) is 3.73. The van der Waals surface area contributed by atoms with Crippen molar-refractivity contribution in [3.63, 3.8) is 0 Å². The van der Waals surface area contributed by atoms with Crippen LogP contribution in [0, 0.1) is 0 Å². The Labute approximate surface area is 76.2 Å². The van der Waals surface area contributed by atoms with Crippen LogP contribution in [0.25, 0.3) is 0 Å². The molecule has 1 rings (SSSR count). The lowest BCUT2D eigenvalue weighted by atomic mass is 10.3. The van der Waals surface area contributed by atoms with Crippen LogP contribution in [0.3, 0.4) is 0 Å². The highest BCUT2D eigenvalue weighted by Crippen LogP contribution is 2.06. The van der Waals surface area contributed by atoms with Gasteiger partial charge in [0.05, 0.1) is 6.61 Å². The van der Waals surface area contributed by atoms with Gasteiger partial charge in [0, 0.05) is 18.4 Å². The molecule has 0 atom stereocenters. The van der Waals surface area contributed by atoms with E-state index < -0.39 is 5.97 Å². The maximum Gasteiger partial charge on any atom is 0.122 e. The summed E-state index contributed by atoms with van der Waals surface area (Å²) in [4.78, 5) is 13.9. The Balaban J connectivity index is 2.17. The van der Waals surface area contributed by atoms with Crippen LogP contribution < -0.4 is 9.84 Å². The standard InChI is InChI=1S/C9H11NO3/c11-9(12)2-1-7-13-8-3-5-10-6-4-8/h3-6H,1-2,7H2,(H,11,12)/p-1. The van der Waals surface area contributed by atoms with E-state index in [1.165, 1.54) is 0 Å². The molecule has 4 heteroatoms. The molecule has 0 saturated carbocycles. The van der Waals surface area contributed by atoms with Crippen molar-refractivity contribution >= 4 is 5.97 Å². The lowest BCUT2D eigenvalue weighted by Crippen LogP contribution is -2.22. The van der Waals surface area contributed by atoms with Gasteiger partial charge in [-0.3, -0.25) is 4.98 Å². The smallest absolute Gasteiger partial charge is 0.122 e. The minimum Gasteiger partial charge on any atom is -0.550 e. The predicted molar refractivity (Wildman–Crippen MR) is 44.0 cm³/mol. The Kier molecular flexibility index (Phi) is 3.75. The van der Waals surface area contributed by atoms with Crippen LogP contribution in [-0.2, 0) is 4.79 Å². The lowest BCUT2D eigenvalue weighted by molar-refractivity contribution is -0.305. The quantitative estimate of drug-likeness (QED) is 0.598. The van der Waals surface area contributed by atoms with Crippen LogP contribution >= 0.6 is 0 Å². The molecule has 1 aromatic rings. The fourth-order valence-corrected chi connectivity index (χ4v) is 0.841. The molecule has 1 aromatic heterocycles. The van der Waals surface area contributed by atoms with Crippen molar-refractivity contribution in [3.05, 3.63) is 24.5 Å². The zero-order valence-electron chi connectivity index (χ0n) is 7.10. The highest BCUT2D eigenvalue weighted by atomic mass is 16.5. The van der Waals surface area contributed by atoms with Crippen molar-refractivity contribution in [1.29, 1.82) is 0 Å². The molecule has 0 amide bonds. The van der Waals surface area contributed by atoms with Crippen LogP contribution in [0.2, 0.25) is 0 Å². The molecule has 0 fully saturated rings. The Morgan fingerprint density at radius 2 is 2.15 bits per heavy atom. The molecule has 0 radical (unpaired) electrons. The molecule has 0 aliphatic heterocycles. The molecule has 0 N–H and O–H groups in total.